The second-order valence-corrected chi connectivity index (χ2v) is 9.79. The largest absolute Gasteiger partial charge is 0.464 e. The molecular weight excluding hydrogens is 424 g/mol. The SMILES string of the molecule is CS(=O)(=O)c1cccc(Cn2c3cc(-c4ccco4)ccc3c3c(C(N)=O)cccc32)c1. The lowest BCUT2D eigenvalue weighted by Crippen LogP contribution is -2.11. The molecular formula is C25H20N2O4S. The molecule has 0 aliphatic carbocycles. The number of hydrogen-bond donors (Lipinski definition) is 1. The van der Waals surface area contributed by atoms with Gasteiger partial charge in [0, 0.05) is 34.7 Å². The number of primary amides is 1. The zero-order valence-corrected chi connectivity index (χ0v) is 18.1. The standard InChI is InChI=1S/C25H20N2O4S/c1-32(29,30)18-6-2-5-16(13-18)15-27-21-8-3-7-20(25(26)28)24(21)19-11-10-17(14-22(19)27)23-9-4-12-31-23/h2-14H,15H2,1H3,(H2,26,28). The van der Waals surface area contributed by atoms with Crippen LogP contribution in [0, 0.1) is 0 Å². The van der Waals surface area contributed by atoms with Crippen molar-refractivity contribution in [1.29, 1.82) is 0 Å². The lowest BCUT2D eigenvalue weighted by atomic mass is 10.0. The van der Waals surface area contributed by atoms with Crippen LogP contribution in [0.2, 0.25) is 0 Å². The molecule has 2 heterocycles. The number of sulfone groups is 1. The number of carbonyl (C=O) groups is 1. The fourth-order valence-corrected chi connectivity index (χ4v) is 4.86. The van der Waals surface area contributed by atoms with Crippen LogP contribution in [0.1, 0.15) is 15.9 Å². The minimum Gasteiger partial charge on any atom is -0.464 e. The molecule has 5 aromatic rings. The molecule has 5 rings (SSSR count). The van der Waals surface area contributed by atoms with Crippen molar-refractivity contribution in [1.82, 2.24) is 4.57 Å². The van der Waals surface area contributed by atoms with Crippen LogP contribution in [0.4, 0.5) is 0 Å². The number of fused-ring (bicyclic) bond motifs is 3. The number of hydrogen-bond acceptors (Lipinski definition) is 4. The Morgan fingerprint density at radius 1 is 0.969 bits per heavy atom. The van der Waals surface area contributed by atoms with E-state index in [0.29, 0.717) is 12.1 Å². The summed E-state index contributed by atoms with van der Waals surface area (Å²) in [5.74, 6) is 0.238. The monoisotopic (exact) mass is 444 g/mol. The molecule has 0 spiro atoms. The Labute approximate surface area is 184 Å². The summed E-state index contributed by atoms with van der Waals surface area (Å²) in [4.78, 5) is 12.4. The van der Waals surface area contributed by atoms with Crippen LogP contribution in [-0.2, 0) is 16.4 Å². The van der Waals surface area contributed by atoms with Crippen molar-refractivity contribution in [2.75, 3.05) is 6.26 Å². The van der Waals surface area contributed by atoms with E-state index >= 15 is 0 Å². The van der Waals surface area contributed by atoms with Crippen LogP contribution in [0.25, 0.3) is 33.1 Å². The summed E-state index contributed by atoms with van der Waals surface area (Å²) in [6, 6.07) is 22.0. The molecule has 0 aliphatic heterocycles. The van der Waals surface area contributed by atoms with Gasteiger partial charge in [0.1, 0.15) is 5.76 Å². The van der Waals surface area contributed by atoms with Crippen molar-refractivity contribution in [3.8, 4) is 11.3 Å². The first-order chi connectivity index (χ1) is 15.3. The van der Waals surface area contributed by atoms with Gasteiger partial charge < -0.3 is 14.7 Å². The van der Waals surface area contributed by atoms with Gasteiger partial charge in [0.15, 0.2) is 9.84 Å². The highest BCUT2D eigenvalue weighted by atomic mass is 32.2. The van der Waals surface area contributed by atoms with Gasteiger partial charge in [-0.15, -0.1) is 0 Å². The summed E-state index contributed by atoms with van der Waals surface area (Å²) in [6.07, 6.45) is 2.82. The third-order valence-electron chi connectivity index (χ3n) is 5.63. The second kappa shape index (κ2) is 7.39. The number of carbonyl (C=O) groups excluding carboxylic acids is 1. The molecule has 0 atom stereocenters. The number of nitrogens with two attached hydrogens (primary N) is 1. The summed E-state index contributed by atoms with van der Waals surface area (Å²) in [7, 11) is -3.33. The molecule has 2 N–H and O–H groups in total. The molecule has 0 fully saturated rings. The van der Waals surface area contributed by atoms with Crippen LogP contribution in [0.15, 0.2) is 88.4 Å². The summed E-state index contributed by atoms with van der Waals surface area (Å²) >= 11 is 0. The first-order valence-electron chi connectivity index (χ1n) is 10.0. The second-order valence-electron chi connectivity index (χ2n) is 7.78. The molecule has 0 bridgehead atoms. The quantitative estimate of drug-likeness (QED) is 0.428. The molecule has 160 valence electrons. The smallest absolute Gasteiger partial charge is 0.249 e. The van der Waals surface area contributed by atoms with Crippen molar-refractivity contribution < 1.29 is 17.6 Å². The minimum atomic E-state index is -3.33. The molecule has 6 nitrogen and oxygen atoms in total. The highest BCUT2D eigenvalue weighted by Gasteiger charge is 2.18. The fourth-order valence-electron chi connectivity index (χ4n) is 4.17. The number of furan rings is 1. The van der Waals surface area contributed by atoms with Gasteiger partial charge in [-0.1, -0.05) is 30.3 Å². The predicted octanol–water partition coefficient (Wildman–Crippen LogP) is 4.61. The van der Waals surface area contributed by atoms with E-state index in [1.807, 2.05) is 42.5 Å². The predicted molar refractivity (Wildman–Crippen MR) is 124 cm³/mol. The van der Waals surface area contributed by atoms with E-state index in [-0.39, 0.29) is 4.90 Å². The van der Waals surface area contributed by atoms with Gasteiger partial charge in [0.2, 0.25) is 5.91 Å². The molecule has 0 unspecified atom stereocenters. The number of aromatic nitrogens is 1. The maximum Gasteiger partial charge on any atom is 0.249 e. The van der Waals surface area contributed by atoms with Gasteiger partial charge in [-0.2, -0.15) is 0 Å². The van der Waals surface area contributed by atoms with Crippen LogP contribution < -0.4 is 5.73 Å². The number of amides is 1. The Morgan fingerprint density at radius 2 is 1.78 bits per heavy atom. The highest BCUT2D eigenvalue weighted by Crippen LogP contribution is 2.35. The Hall–Kier alpha value is -3.84. The van der Waals surface area contributed by atoms with Crippen molar-refractivity contribution >= 4 is 37.6 Å². The molecule has 0 aliphatic rings. The van der Waals surface area contributed by atoms with E-state index in [1.54, 1.807) is 36.6 Å². The lowest BCUT2D eigenvalue weighted by molar-refractivity contribution is 0.100. The average Bonchev–Trinajstić information content (AvgIpc) is 3.40. The molecule has 0 saturated carbocycles. The topological polar surface area (TPSA) is 95.3 Å². The van der Waals surface area contributed by atoms with Gasteiger partial charge in [-0.3, -0.25) is 4.79 Å². The lowest BCUT2D eigenvalue weighted by Gasteiger charge is -2.10. The van der Waals surface area contributed by atoms with Crippen LogP contribution in [0.3, 0.4) is 0 Å². The normalized spacial score (nSPS) is 11.9. The fraction of sp³-hybridized carbons (Fsp3) is 0.0800. The maximum atomic E-state index is 12.2. The number of nitrogens with zero attached hydrogens (tertiary/aromatic N) is 1. The molecule has 0 saturated heterocycles. The minimum absolute atomic E-state index is 0.268. The van der Waals surface area contributed by atoms with Crippen molar-refractivity contribution in [2.45, 2.75) is 11.4 Å². The van der Waals surface area contributed by atoms with E-state index in [9.17, 15) is 13.2 Å². The summed E-state index contributed by atoms with van der Waals surface area (Å²) in [5, 5.41) is 1.67. The summed E-state index contributed by atoms with van der Waals surface area (Å²) in [5.41, 5.74) is 9.60. The van der Waals surface area contributed by atoms with E-state index < -0.39 is 15.7 Å². The highest BCUT2D eigenvalue weighted by molar-refractivity contribution is 7.90. The van der Waals surface area contributed by atoms with Gasteiger partial charge in [-0.05, 0) is 48.0 Å². The number of benzene rings is 3. The van der Waals surface area contributed by atoms with Gasteiger partial charge in [-0.25, -0.2) is 8.42 Å². The summed E-state index contributed by atoms with van der Waals surface area (Å²) in [6.45, 7) is 0.424. The molecule has 7 heteroatoms. The van der Waals surface area contributed by atoms with Crippen molar-refractivity contribution in [3.63, 3.8) is 0 Å². The maximum absolute atomic E-state index is 12.2. The van der Waals surface area contributed by atoms with Gasteiger partial charge in [0.05, 0.1) is 22.2 Å². The first-order valence-corrected chi connectivity index (χ1v) is 11.9. The van der Waals surface area contributed by atoms with Crippen molar-refractivity contribution in [2.24, 2.45) is 5.73 Å². The summed E-state index contributed by atoms with van der Waals surface area (Å²) < 4.78 is 31.7. The van der Waals surface area contributed by atoms with Gasteiger partial charge in [0.25, 0.3) is 0 Å². The Bertz CT molecular complexity index is 1600. The molecule has 0 radical (unpaired) electrons. The molecule has 2 aromatic heterocycles. The van der Waals surface area contributed by atoms with E-state index in [1.165, 1.54) is 6.26 Å². The van der Waals surface area contributed by atoms with Crippen molar-refractivity contribution in [3.05, 3.63) is 90.2 Å². The van der Waals surface area contributed by atoms with Gasteiger partial charge >= 0.3 is 0 Å². The van der Waals surface area contributed by atoms with E-state index in [2.05, 4.69) is 4.57 Å². The third-order valence-corrected chi connectivity index (χ3v) is 6.74. The zero-order valence-electron chi connectivity index (χ0n) is 17.3. The Kier molecular flexibility index (Phi) is 4.64. The average molecular weight is 445 g/mol. The third kappa shape index (κ3) is 3.36. The number of rotatable bonds is 5. The van der Waals surface area contributed by atoms with Crippen LogP contribution in [0.5, 0.6) is 0 Å². The van der Waals surface area contributed by atoms with E-state index in [0.717, 1.165) is 38.7 Å². The van der Waals surface area contributed by atoms with E-state index in [4.69, 9.17) is 10.2 Å². The van der Waals surface area contributed by atoms with Crippen LogP contribution >= 0.6 is 0 Å². The Balaban J connectivity index is 1.78. The Morgan fingerprint density at radius 3 is 2.50 bits per heavy atom. The van der Waals surface area contributed by atoms with Crippen LogP contribution in [-0.4, -0.2) is 25.1 Å². The zero-order chi connectivity index (χ0) is 22.5. The molecule has 1 amide bonds. The molecule has 3 aromatic carbocycles. The molecule has 32 heavy (non-hydrogen) atoms. The first kappa shape index (κ1) is 20.1.